The molecule has 7 nitrogen and oxygen atoms in total. The second kappa shape index (κ2) is 8.20. The van der Waals surface area contributed by atoms with Gasteiger partial charge in [-0.2, -0.15) is 0 Å². The molecule has 2 aromatic rings. The van der Waals surface area contributed by atoms with Gasteiger partial charge in [-0.15, -0.1) is 0 Å². The van der Waals surface area contributed by atoms with Gasteiger partial charge in [-0.25, -0.2) is 0 Å². The zero-order valence-corrected chi connectivity index (χ0v) is 14.9. The third-order valence-corrected chi connectivity index (χ3v) is 4.67. The lowest BCUT2D eigenvalue weighted by Crippen LogP contribution is -2.31. The maximum Gasteiger partial charge on any atom is 0.290 e. The summed E-state index contributed by atoms with van der Waals surface area (Å²) >= 11 is 0. The highest BCUT2D eigenvalue weighted by atomic mass is 16.5. The number of rotatable bonds is 6. The van der Waals surface area contributed by atoms with Crippen LogP contribution in [0, 0.1) is 5.92 Å². The first-order chi connectivity index (χ1) is 12.1. The molecular weight excluding hydrogens is 318 g/mol. The first-order valence-corrected chi connectivity index (χ1v) is 8.86. The van der Waals surface area contributed by atoms with Gasteiger partial charge in [0.25, 0.3) is 5.91 Å². The summed E-state index contributed by atoms with van der Waals surface area (Å²) in [6.45, 7) is 4.60. The summed E-state index contributed by atoms with van der Waals surface area (Å²) in [4.78, 5) is 23.3. The summed E-state index contributed by atoms with van der Waals surface area (Å²) in [5.74, 6) is 0.628. The van der Waals surface area contributed by atoms with Gasteiger partial charge in [0.1, 0.15) is 0 Å². The van der Waals surface area contributed by atoms with Crippen LogP contribution in [0.25, 0.3) is 0 Å². The molecule has 1 fully saturated rings. The van der Waals surface area contributed by atoms with E-state index in [0.29, 0.717) is 12.5 Å². The fourth-order valence-electron chi connectivity index (χ4n) is 2.98. The van der Waals surface area contributed by atoms with Crippen LogP contribution in [0.1, 0.15) is 47.4 Å². The Bertz CT molecular complexity index is 690. The molecule has 0 aromatic carbocycles. The Morgan fingerprint density at radius 2 is 1.96 bits per heavy atom. The normalized spacial score (nSPS) is 16.1. The zero-order valence-electron chi connectivity index (χ0n) is 14.9. The summed E-state index contributed by atoms with van der Waals surface area (Å²) in [7, 11) is 2.17. The Balaban J connectivity index is 1.48. The van der Waals surface area contributed by atoms with E-state index in [0.717, 1.165) is 43.0 Å². The molecule has 3 heterocycles. The number of carbonyl (C=O) groups excluding carboxylic acids is 1. The van der Waals surface area contributed by atoms with Gasteiger partial charge in [-0.3, -0.25) is 14.8 Å². The summed E-state index contributed by atoms with van der Waals surface area (Å²) in [5, 5.41) is 6.59. The first-order valence-electron chi connectivity index (χ1n) is 8.86. The second-order valence-corrected chi connectivity index (χ2v) is 6.67. The average Bonchev–Trinajstić information content (AvgIpc) is 3.12. The van der Waals surface area contributed by atoms with Crippen LogP contribution in [0.5, 0.6) is 0 Å². The van der Waals surface area contributed by atoms with E-state index in [9.17, 15) is 4.79 Å². The molecule has 0 atom stereocenters. The van der Waals surface area contributed by atoms with Crippen molar-refractivity contribution in [1.29, 1.82) is 0 Å². The number of nitrogens with one attached hydrogen (secondary N) is 1. The number of likely N-dealkylation sites (tertiary alicyclic amines) is 1. The third kappa shape index (κ3) is 4.85. The van der Waals surface area contributed by atoms with E-state index >= 15 is 0 Å². The smallest absolute Gasteiger partial charge is 0.290 e. The molecule has 1 N–H and O–H groups in total. The molecule has 3 rings (SSSR count). The fraction of sp³-hybridized carbons (Fsp3) is 0.556. The van der Waals surface area contributed by atoms with Gasteiger partial charge in [0.05, 0.1) is 29.8 Å². The molecule has 0 unspecified atom stereocenters. The van der Waals surface area contributed by atoms with Crippen molar-refractivity contribution < 1.29 is 9.32 Å². The molecule has 1 saturated heterocycles. The zero-order chi connectivity index (χ0) is 17.6. The Morgan fingerprint density at radius 3 is 2.60 bits per heavy atom. The molecule has 25 heavy (non-hydrogen) atoms. The Labute approximate surface area is 147 Å². The van der Waals surface area contributed by atoms with Crippen molar-refractivity contribution >= 4 is 5.91 Å². The molecule has 134 valence electrons. The van der Waals surface area contributed by atoms with E-state index in [1.54, 1.807) is 12.3 Å². The number of piperidine rings is 1. The van der Waals surface area contributed by atoms with Crippen molar-refractivity contribution in [3.63, 3.8) is 0 Å². The number of aromatic nitrogens is 3. The molecule has 2 aromatic heterocycles. The molecule has 1 aliphatic rings. The van der Waals surface area contributed by atoms with E-state index in [1.165, 1.54) is 12.8 Å². The Hall–Kier alpha value is -2.28. The first kappa shape index (κ1) is 17.5. The van der Waals surface area contributed by atoms with E-state index in [4.69, 9.17) is 4.52 Å². The van der Waals surface area contributed by atoms with Crippen LogP contribution in [-0.2, 0) is 19.4 Å². The van der Waals surface area contributed by atoms with E-state index < -0.39 is 0 Å². The summed E-state index contributed by atoms with van der Waals surface area (Å²) in [6, 6.07) is 1.66. The minimum absolute atomic E-state index is 0.226. The maximum absolute atomic E-state index is 12.0. The molecule has 0 bridgehead atoms. The number of carbonyl (C=O) groups is 1. The van der Waals surface area contributed by atoms with E-state index in [1.807, 2.05) is 13.1 Å². The lowest BCUT2D eigenvalue weighted by molar-refractivity contribution is 0.0913. The fourth-order valence-corrected chi connectivity index (χ4v) is 2.98. The standard InChI is InChI=1S/C18H25N5O2/c1-3-14-9-17(25-22-14)18(24)21-12-16-11-19-15(10-20-16)8-13-4-6-23(2)7-5-13/h9-11,13H,3-8,12H2,1-2H3,(H,21,24). The lowest BCUT2D eigenvalue weighted by atomic mass is 9.92. The van der Waals surface area contributed by atoms with Gasteiger partial charge in [0.15, 0.2) is 0 Å². The van der Waals surface area contributed by atoms with Gasteiger partial charge < -0.3 is 14.7 Å². The monoisotopic (exact) mass is 343 g/mol. The molecular formula is C18H25N5O2. The summed E-state index contributed by atoms with van der Waals surface area (Å²) in [6.07, 6.45) is 7.71. The molecule has 1 amide bonds. The van der Waals surface area contributed by atoms with Crippen molar-refractivity contribution in [2.24, 2.45) is 5.92 Å². The SMILES string of the molecule is CCc1cc(C(=O)NCc2cnc(CC3CCN(C)CC3)cn2)on1. The van der Waals surface area contributed by atoms with Crippen molar-refractivity contribution in [2.45, 2.75) is 39.2 Å². The largest absolute Gasteiger partial charge is 0.351 e. The van der Waals surface area contributed by atoms with Gasteiger partial charge in [0, 0.05) is 12.3 Å². The van der Waals surface area contributed by atoms with Crippen LogP contribution < -0.4 is 5.32 Å². The minimum atomic E-state index is -0.288. The Kier molecular flexibility index (Phi) is 5.75. The molecule has 1 aliphatic heterocycles. The maximum atomic E-state index is 12.0. The highest BCUT2D eigenvalue weighted by molar-refractivity contribution is 5.91. The number of amides is 1. The van der Waals surface area contributed by atoms with Crippen molar-refractivity contribution in [1.82, 2.24) is 25.3 Å². The molecule has 7 heteroatoms. The van der Waals surface area contributed by atoms with Crippen molar-refractivity contribution in [3.05, 3.63) is 41.3 Å². The molecule has 0 radical (unpaired) electrons. The van der Waals surface area contributed by atoms with Gasteiger partial charge in [-0.05, 0) is 51.7 Å². The lowest BCUT2D eigenvalue weighted by Gasteiger charge is -2.28. The van der Waals surface area contributed by atoms with E-state index in [2.05, 4.69) is 32.4 Å². The van der Waals surface area contributed by atoms with E-state index in [-0.39, 0.29) is 11.7 Å². The highest BCUT2D eigenvalue weighted by Gasteiger charge is 2.17. The predicted molar refractivity (Wildman–Crippen MR) is 93.0 cm³/mol. The predicted octanol–water partition coefficient (Wildman–Crippen LogP) is 1.84. The Morgan fingerprint density at radius 1 is 1.24 bits per heavy atom. The van der Waals surface area contributed by atoms with Crippen LogP contribution in [0.15, 0.2) is 23.0 Å². The van der Waals surface area contributed by atoms with Crippen molar-refractivity contribution in [2.75, 3.05) is 20.1 Å². The van der Waals surface area contributed by atoms with Gasteiger partial charge in [0.2, 0.25) is 5.76 Å². The average molecular weight is 343 g/mol. The van der Waals surface area contributed by atoms with Crippen LogP contribution in [-0.4, -0.2) is 46.1 Å². The molecule has 0 saturated carbocycles. The molecule has 0 spiro atoms. The topological polar surface area (TPSA) is 84.2 Å². The van der Waals surface area contributed by atoms with Crippen LogP contribution in [0.2, 0.25) is 0 Å². The summed E-state index contributed by atoms with van der Waals surface area (Å²) < 4.78 is 5.02. The van der Waals surface area contributed by atoms with Crippen LogP contribution in [0.3, 0.4) is 0 Å². The second-order valence-electron chi connectivity index (χ2n) is 6.67. The highest BCUT2D eigenvalue weighted by Crippen LogP contribution is 2.19. The van der Waals surface area contributed by atoms with Gasteiger partial charge >= 0.3 is 0 Å². The minimum Gasteiger partial charge on any atom is -0.351 e. The van der Waals surface area contributed by atoms with Crippen molar-refractivity contribution in [3.8, 4) is 0 Å². The quantitative estimate of drug-likeness (QED) is 0.861. The van der Waals surface area contributed by atoms with Crippen LogP contribution in [0.4, 0.5) is 0 Å². The van der Waals surface area contributed by atoms with Gasteiger partial charge in [-0.1, -0.05) is 12.1 Å². The number of nitrogens with zero attached hydrogens (tertiary/aromatic N) is 4. The third-order valence-electron chi connectivity index (χ3n) is 4.67. The van der Waals surface area contributed by atoms with Crippen LogP contribution >= 0.6 is 0 Å². The molecule has 0 aliphatic carbocycles. The number of hydrogen-bond acceptors (Lipinski definition) is 6. The number of aryl methyl sites for hydroxylation is 1. The number of hydrogen-bond donors (Lipinski definition) is 1. The summed E-state index contributed by atoms with van der Waals surface area (Å²) in [5.41, 5.74) is 2.52.